The van der Waals surface area contributed by atoms with Crippen LogP contribution in [0.15, 0.2) is 18.2 Å². The molecule has 2 rings (SSSR count). The van der Waals surface area contributed by atoms with Gasteiger partial charge in [-0.25, -0.2) is 4.39 Å². The van der Waals surface area contributed by atoms with Crippen molar-refractivity contribution < 1.29 is 9.18 Å². The third-order valence-electron chi connectivity index (χ3n) is 4.10. The second-order valence-electron chi connectivity index (χ2n) is 5.64. The van der Waals surface area contributed by atoms with E-state index in [2.05, 4.69) is 10.2 Å². The molecule has 1 amide bonds. The van der Waals surface area contributed by atoms with Crippen molar-refractivity contribution in [2.45, 2.75) is 25.3 Å². The number of halogens is 1. The molecule has 1 fully saturated rings. The Kier molecular flexibility index (Phi) is 4.58. The fourth-order valence-electron chi connectivity index (χ4n) is 2.54. The van der Waals surface area contributed by atoms with Crippen molar-refractivity contribution in [1.82, 2.24) is 10.2 Å². The number of rotatable bonds is 3. The zero-order valence-electron chi connectivity index (χ0n) is 12.3. The van der Waals surface area contributed by atoms with E-state index in [1.165, 1.54) is 6.07 Å². The van der Waals surface area contributed by atoms with Gasteiger partial charge in [-0.1, -0.05) is 24.4 Å². The van der Waals surface area contributed by atoms with Crippen LogP contribution >= 0.6 is 12.2 Å². The molecule has 4 nitrogen and oxygen atoms in total. The molecule has 1 heterocycles. The molecule has 0 aliphatic carbocycles. The van der Waals surface area contributed by atoms with E-state index in [0.29, 0.717) is 18.4 Å². The average molecular weight is 309 g/mol. The molecule has 0 saturated carbocycles. The molecule has 0 aromatic heterocycles. The summed E-state index contributed by atoms with van der Waals surface area (Å²) in [6.07, 6.45) is 1.27. The maximum atomic E-state index is 14.1. The summed E-state index contributed by atoms with van der Waals surface area (Å²) in [4.78, 5) is 14.8. The average Bonchev–Trinajstić information content (AvgIpc) is 2.44. The Morgan fingerprint density at radius 1 is 1.43 bits per heavy atom. The van der Waals surface area contributed by atoms with Gasteiger partial charge in [-0.3, -0.25) is 4.79 Å². The second-order valence-corrected chi connectivity index (χ2v) is 6.08. The lowest BCUT2D eigenvalue weighted by atomic mass is 9.87. The van der Waals surface area contributed by atoms with Crippen molar-refractivity contribution in [3.8, 4) is 0 Å². The van der Waals surface area contributed by atoms with Crippen LogP contribution in [0, 0.1) is 12.7 Å². The first-order chi connectivity index (χ1) is 9.85. The minimum absolute atomic E-state index is 0.0320. The minimum Gasteiger partial charge on any atom is -0.391 e. The quantitative estimate of drug-likeness (QED) is 0.833. The highest BCUT2D eigenvalue weighted by atomic mass is 32.1. The molecule has 0 atom stereocenters. The number of nitrogens with zero attached hydrogens (tertiary/aromatic N) is 1. The van der Waals surface area contributed by atoms with Crippen molar-refractivity contribution in [2.24, 2.45) is 5.73 Å². The first-order valence-corrected chi connectivity index (χ1v) is 7.32. The van der Waals surface area contributed by atoms with E-state index >= 15 is 0 Å². The van der Waals surface area contributed by atoms with Gasteiger partial charge in [0, 0.05) is 13.1 Å². The van der Waals surface area contributed by atoms with Crippen molar-refractivity contribution in [1.29, 1.82) is 0 Å². The number of benzene rings is 1. The Morgan fingerprint density at radius 2 is 2.05 bits per heavy atom. The van der Waals surface area contributed by atoms with Crippen molar-refractivity contribution in [3.63, 3.8) is 0 Å². The fraction of sp³-hybridized carbons (Fsp3) is 0.467. The topological polar surface area (TPSA) is 58.4 Å². The first-order valence-electron chi connectivity index (χ1n) is 6.92. The molecule has 1 saturated heterocycles. The molecule has 3 N–H and O–H groups in total. The van der Waals surface area contributed by atoms with E-state index in [1.807, 2.05) is 7.05 Å². The number of aryl methyl sites for hydroxylation is 1. The molecule has 1 aliphatic heterocycles. The van der Waals surface area contributed by atoms with E-state index in [-0.39, 0.29) is 10.6 Å². The fourth-order valence-corrected chi connectivity index (χ4v) is 2.80. The van der Waals surface area contributed by atoms with Crippen molar-refractivity contribution >= 4 is 23.1 Å². The summed E-state index contributed by atoms with van der Waals surface area (Å²) in [5, 5.41) is 2.86. The van der Waals surface area contributed by atoms with Crippen LogP contribution in [0.1, 0.15) is 28.8 Å². The lowest BCUT2D eigenvalue weighted by molar-refractivity contribution is 0.0886. The molecular weight excluding hydrogens is 289 g/mol. The van der Waals surface area contributed by atoms with Gasteiger partial charge in [0.25, 0.3) is 5.91 Å². The number of hydrogen-bond donors (Lipinski definition) is 2. The highest BCUT2D eigenvalue weighted by Crippen LogP contribution is 2.23. The monoisotopic (exact) mass is 309 g/mol. The molecule has 0 unspecified atom stereocenters. The van der Waals surface area contributed by atoms with E-state index in [9.17, 15) is 9.18 Å². The number of piperidine rings is 1. The molecule has 1 aromatic carbocycles. The second kappa shape index (κ2) is 6.07. The van der Waals surface area contributed by atoms with Gasteiger partial charge in [-0.2, -0.15) is 0 Å². The largest absolute Gasteiger partial charge is 0.391 e. The number of carbonyl (C=O) groups is 1. The summed E-state index contributed by atoms with van der Waals surface area (Å²) >= 11 is 5.14. The Hall–Kier alpha value is -1.53. The van der Waals surface area contributed by atoms with Crippen LogP contribution in [0.2, 0.25) is 0 Å². The van der Waals surface area contributed by atoms with Crippen molar-refractivity contribution in [3.05, 3.63) is 35.1 Å². The van der Waals surface area contributed by atoms with Crippen LogP contribution in [0.4, 0.5) is 4.39 Å². The summed E-state index contributed by atoms with van der Waals surface area (Å²) in [5.74, 6) is -0.963. The molecular formula is C15H20FN3OS. The normalized spacial score (nSPS) is 18.2. The number of likely N-dealkylation sites (tertiary alicyclic amines) is 1. The van der Waals surface area contributed by atoms with Gasteiger partial charge in [0.1, 0.15) is 5.82 Å². The predicted octanol–water partition coefficient (Wildman–Crippen LogP) is 1.61. The molecule has 0 spiro atoms. The minimum atomic E-state index is -0.727. The lowest BCUT2D eigenvalue weighted by Gasteiger charge is -2.40. The van der Waals surface area contributed by atoms with Crippen LogP contribution in [0.3, 0.4) is 0 Å². The highest BCUT2D eigenvalue weighted by molar-refractivity contribution is 7.80. The third kappa shape index (κ3) is 3.22. The highest BCUT2D eigenvalue weighted by Gasteiger charge is 2.38. The van der Waals surface area contributed by atoms with Gasteiger partial charge in [-0.05, 0) is 38.4 Å². The van der Waals surface area contributed by atoms with Gasteiger partial charge in [0.15, 0.2) is 0 Å². The summed E-state index contributed by atoms with van der Waals surface area (Å²) in [5.41, 5.74) is 5.59. The van der Waals surface area contributed by atoms with Gasteiger partial charge in [0.2, 0.25) is 0 Å². The van der Waals surface area contributed by atoms with E-state index < -0.39 is 17.3 Å². The van der Waals surface area contributed by atoms with Crippen LogP contribution < -0.4 is 11.1 Å². The zero-order chi connectivity index (χ0) is 15.6. The molecule has 1 aromatic rings. The Morgan fingerprint density at radius 3 is 2.62 bits per heavy atom. The SMILES string of the molecule is Cc1cccc(C(=O)NC2(C(N)=S)CCN(C)CC2)c1F. The predicted molar refractivity (Wildman–Crippen MR) is 84.9 cm³/mol. The summed E-state index contributed by atoms with van der Waals surface area (Å²) in [6.45, 7) is 3.20. The van der Waals surface area contributed by atoms with Crippen LogP contribution in [0.5, 0.6) is 0 Å². The number of hydrogen-bond acceptors (Lipinski definition) is 3. The number of amides is 1. The Bertz CT molecular complexity index is 568. The van der Waals surface area contributed by atoms with Crippen LogP contribution in [-0.2, 0) is 0 Å². The Balaban J connectivity index is 2.23. The molecule has 0 bridgehead atoms. The third-order valence-corrected chi connectivity index (χ3v) is 4.49. The number of carbonyl (C=O) groups excluding carboxylic acids is 1. The smallest absolute Gasteiger partial charge is 0.255 e. The number of nitrogens with one attached hydrogen (secondary N) is 1. The summed E-state index contributed by atoms with van der Waals surface area (Å²) < 4.78 is 14.1. The molecule has 0 radical (unpaired) electrons. The number of nitrogens with two attached hydrogens (primary N) is 1. The first kappa shape index (κ1) is 15.9. The van der Waals surface area contributed by atoms with Crippen LogP contribution in [-0.4, -0.2) is 41.5 Å². The van der Waals surface area contributed by atoms with E-state index in [1.54, 1.807) is 19.1 Å². The Labute approximate surface area is 129 Å². The number of thiocarbonyl (C=S) groups is 1. The standard InChI is InChI=1S/C15H20FN3OS/c1-10-4-3-5-11(12(10)16)13(20)18-15(14(17)21)6-8-19(2)9-7-15/h3-5H,6-9H2,1-2H3,(H2,17,21)(H,18,20). The lowest BCUT2D eigenvalue weighted by Crippen LogP contribution is -2.61. The molecule has 114 valence electrons. The van der Waals surface area contributed by atoms with Crippen molar-refractivity contribution in [2.75, 3.05) is 20.1 Å². The molecule has 21 heavy (non-hydrogen) atoms. The van der Waals surface area contributed by atoms with Gasteiger partial charge in [-0.15, -0.1) is 0 Å². The molecule has 6 heteroatoms. The summed E-state index contributed by atoms with van der Waals surface area (Å²) in [7, 11) is 2.01. The van der Waals surface area contributed by atoms with Gasteiger partial charge >= 0.3 is 0 Å². The molecule has 1 aliphatic rings. The summed E-state index contributed by atoms with van der Waals surface area (Å²) in [6, 6.07) is 4.76. The van der Waals surface area contributed by atoms with E-state index in [4.69, 9.17) is 18.0 Å². The van der Waals surface area contributed by atoms with E-state index in [0.717, 1.165) is 13.1 Å². The van der Waals surface area contributed by atoms with Gasteiger partial charge < -0.3 is 16.0 Å². The van der Waals surface area contributed by atoms with Gasteiger partial charge in [0.05, 0.1) is 16.1 Å². The zero-order valence-corrected chi connectivity index (χ0v) is 13.1. The maximum absolute atomic E-state index is 14.1. The maximum Gasteiger partial charge on any atom is 0.255 e. The van der Waals surface area contributed by atoms with Crippen LogP contribution in [0.25, 0.3) is 0 Å².